The predicted octanol–water partition coefficient (Wildman–Crippen LogP) is 4.29. The summed E-state index contributed by atoms with van der Waals surface area (Å²) < 4.78 is 5.87. The van der Waals surface area contributed by atoms with Crippen LogP contribution in [0.25, 0.3) is 0 Å². The highest BCUT2D eigenvalue weighted by Crippen LogP contribution is 2.21. The monoisotopic (exact) mass is 255 g/mol. The normalized spacial score (nSPS) is 24.3. The van der Waals surface area contributed by atoms with Crippen molar-refractivity contribution >= 4 is 0 Å². The van der Waals surface area contributed by atoms with E-state index in [1.54, 1.807) is 0 Å². The van der Waals surface area contributed by atoms with Crippen LogP contribution in [0, 0.1) is 0 Å². The minimum Gasteiger partial charge on any atom is -0.373 e. The summed E-state index contributed by atoms with van der Waals surface area (Å²) in [5.74, 6) is 0. The minimum absolute atomic E-state index is 0.110. The first-order valence-corrected chi connectivity index (χ1v) is 8.11. The van der Waals surface area contributed by atoms with Gasteiger partial charge in [0.1, 0.15) is 0 Å². The largest absolute Gasteiger partial charge is 0.373 e. The lowest BCUT2D eigenvalue weighted by molar-refractivity contribution is -0.0589. The topological polar surface area (TPSA) is 21.3 Å². The lowest BCUT2D eigenvalue weighted by Crippen LogP contribution is -2.47. The molecule has 0 aromatic heterocycles. The Morgan fingerprint density at radius 1 is 0.944 bits per heavy atom. The molecule has 1 aliphatic rings. The van der Waals surface area contributed by atoms with Gasteiger partial charge in [-0.25, -0.2) is 0 Å². The van der Waals surface area contributed by atoms with E-state index in [2.05, 4.69) is 19.2 Å². The zero-order valence-electron chi connectivity index (χ0n) is 12.6. The zero-order valence-corrected chi connectivity index (χ0v) is 12.6. The second-order valence-corrected chi connectivity index (χ2v) is 6.05. The molecule has 108 valence electrons. The highest BCUT2D eigenvalue weighted by molar-refractivity contribution is 4.81. The second kappa shape index (κ2) is 9.80. The van der Waals surface area contributed by atoms with Crippen molar-refractivity contribution in [1.82, 2.24) is 5.32 Å². The van der Waals surface area contributed by atoms with Crippen LogP contribution >= 0.6 is 0 Å². The Bertz CT molecular complexity index is 188. The van der Waals surface area contributed by atoms with Crippen molar-refractivity contribution in [3.63, 3.8) is 0 Å². The van der Waals surface area contributed by atoms with Crippen LogP contribution in [-0.2, 0) is 4.74 Å². The molecule has 1 atom stereocenters. The van der Waals surface area contributed by atoms with Crippen LogP contribution < -0.4 is 5.32 Å². The summed E-state index contributed by atoms with van der Waals surface area (Å²) in [5, 5.41) is 3.43. The van der Waals surface area contributed by atoms with Gasteiger partial charge in [-0.2, -0.15) is 0 Å². The van der Waals surface area contributed by atoms with Crippen LogP contribution in [0.1, 0.15) is 78.1 Å². The Labute approximate surface area is 114 Å². The number of ether oxygens (including phenoxy) is 1. The van der Waals surface area contributed by atoms with E-state index < -0.39 is 0 Å². The molecular weight excluding hydrogens is 222 g/mol. The van der Waals surface area contributed by atoms with Gasteiger partial charge in [0.15, 0.2) is 0 Å². The highest BCUT2D eigenvalue weighted by atomic mass is 16.5. The van der Waals surface area contributed by atoms with Crippen molar-refractivity contribution in [3.05, 3.63) is 0 Å². The first kappa shape index (κ1) is 16.0. The van der Waals surface area contributed by atoms with E-state index in [1.165, 1.54) is 64.2 Å². The third kappa shape index (κ3) is 7.38. The lowest BCUT2D eigenvalue weighted by atomic mass is 9.96. The Hall–Kier alpha value is -0.0800. The Morgan fingerprint density at radius 2 is 1.56 bits per heavy atom. The Morgan fingerprint density at radius 3 is 2.11 bits per heavy atom. The number of hydrogen-bond donors (Lipinski definition) is 1. The molecule has 0 amide bonds. The summed E-state index contributed by atoms with van der Waals surface area (Å²) in [6, 6.07) is 0. The first-order chi connectivity index (χ1) is 8.77. The Balaban J connectivity index is 1.86. The minimum atomic E-state index is 0.110. The van der Waals surface area contributed by atoms with Crippen LogP contribution in [-0.4, -0.2) is 25.3 Å². The van der Waals surface area contributed by atoms with E-state index in [0.717, 1.165) is 19.7 Å². The van der Waals surface area contributed by atoms with E-state index in [1.807, 2.05) is 0 Å². The first-order valence-electron chi connectivity index (χ1n) is 8.11. The van der Waals surface area contributed by atoms with Crippen LogP contribution in [0.15, 0.2) is 0 Å². The smallest absolute Gasteiger partial charge is 0.0778 e. The van der Waals surface area contributed by atoms with Crippen molar-refractivity contribution in [2.75, 3.05) is 19.7 Å². The molecule has 0 spiro atoms. The van der Waals surface area contributed by atoms with Gasteiger partial charge >= 0.3 is 0 Å². The van der Waals surface area contributed by atoms with Gasteiger partial charge in [-0.15, -0.1) is 0 Å². The van der Waals surface area contributed by atoms with Crippen LogP contribution in [0.2, 0.25) is 0 Å². The van der Waals surface area contributed by atoms with Crippen molar-refractivity contribution in [2.24, 2.45) is 0 Å². The fourth-order valence-electron chi connectivity index (χ4n) is 2.74. The van der Waals surface area contributed by atoms with Gasteiger partial charge in [0.05, 0.1) is 12.2 Å². The average Bonchev–Trinajstić information content (AvgIpc) is 2.38. The fourth-order valence-corrected chi connectivity index (χ4v) is 2.74. The van der Waals surface area contributed by atoms with E-state index in [-0.39, 0.29) is 5.60 Å². The number of morpholine rings is 1. The highest BCUT2D eigenvalue weighted by Gasteiger charge is 2.26. The molecule has 0 aromatic rings. The maximum Gasteiger partial charge on any atom is 0.0778 e. The molecule has 0 radical (unpaired) electrons. The van der Waals surface area contributed by atoms with Crippen LogP contribution in [0.5, 0.6) is 0 Å². The van der Waals surface area contributed by atoms with Gasteiger partial charge in [0, 0.05) is 13.1 Å². The second-order valence-electron chi connectivity index (χ2n) is 6.05. The van der Waals surface area contributed by atoms with Crippen molar-refractivity contribution < 1.29 is 4.74 Å². The summed E-state index contributed by atoms with van der Waals surface area (Å²) >= 11 is 0. The molecule has 1 unspecified atom stereocenters. The molecule has 18 heavy (non-hydrogen) atoms. The molecule has 0 aromatic carbocycles. The summed E-state index contributed by atoms with van der Waals surface area (Å²) in [6.45, 7) is 7.47. The molecule has 1 fully saturated rings. The maximum atomic E-state index is 5.87. The van der Waals surface area contributed by atoms with E-state index in [0.29, 0.717) is 0 Å². The van der Waals surface area contributed by atoms with Crippen molar-refractivity contribution in [2.45, 2.75) is 83.7 Å². The summed E-state index contributed by atoms with van der Waals surface area (Å²) in [4.78, 5) is 0. The third-order valence-electron chi connectivity index (χ3n) is 4.04. The van der Waals surface area contributed by atoms with E-state index in [4.69, 9.17) is 4.74 Å². The summed E-state index contributed by atoms with van der Waals surface area (Å²) in [6.07, 6.45) is 13.9. The average molecular weight is 255 g/mol. The maximum absolute atomic E-state index is 5.87. The van der Waals surface area contributed by atoms with Crippen molar-refractivity contribution in [3.8, 4) is 0 Å². The third-order valence-corrected chi connectivity index (χ3v) is 4.04. The van der Waals surface area contributed by atoms with Gasteiger partial charge in [-0.1, -0.05) is 64.7 Å². The summed E-state index contributed by atoms with van der Waals surface area (Å²) in [5.41, 5.74) is 0.110. The molecule has 0 aliphatic carbocycles. The molecule has 2 heteroatoms. The molecule has 1 saturated heterocycles. The molecule has 0 bridgehead atoms. The van der Waals surface area contributed by atoms with Crippen LogP contribution in [0.4, 0.5) is 0 Å². The quantitative estimate of drug-likeness (QED) is 0.588. The SMILES string of the molecule is CCCCCCCCCCCC1(C)CNCCO1. The number of nitrogens with one attached hydrogen (secondary N) is 1. The summed E-state index contributed by atoms with van der Waals surface area (Å²) in [7, 11) is 0. The Kier molecular flexibility index (Phi) is 8.70. The van der Waals surface area contributed by atoms with Crippen molar-refractivity contribution in [1.29, 1.82) is 0 Å². The van der Waals surface area contributed by atoms with E-state index >= 15 is 0 Å². The van der Waals surface area contributed by atoms with Gasteiger partial charge in [0.25, 0.3) is 0 Å². The molecule has 0 saturated carbocycles. The zero-order chi connectivity index (χ0) is 13.1. The lowest BCUT2D eigenvalue weighted by Gasteiger charge is -2.34. The molecule has 1 N–H and O–H groups in total. The van der Waals surface area contributed by atoms with Crippen LogP contribution in [0.3, 0.4) is 0 Å². The van der Waals surface area contributed by atoms with Gasteiger partial charge in [-0.05, 0) is 13.3 Å². The molecule has 1 heterocycles. The standard InChI is InChI=1S/C16H33NO/c1-3-4-5-6-7-8-9-10-11-12-16(2)15-17-13-14-18-16/h17H,3-15H2,1-2H3. The molecule has 1 rings (SSSR count). The number of rotatable bonds is 10. The number of hydrogen-bond acceptors (Lipinski definition) is 2. The molecule has 1 aliphatic heterocycles. The van der Waals surface area contributed by atoms with Gasteiger partial charge in [0.2, 0.25) is 0 Å². The van der Waals surface area contributed by atoms with E-state index in [9.17, 15) is 0 Å². The fraction of sp³-hybridized carbons (Fsp3) is 1.00. The molecule has 2 nitrogen and oxygen atoms in total. The van der Waals surface area contributed by atoms with Gasteiger partial charge < -0.3 is 10.1 Å². The predicted molar refractivity (Wildman–Crippen MR) is 79.1 cm³/mol. The van der Waals surface area contributed by atoms with Gasteiger partial charge in [-0.3, -0.25) is 0 Å². The molecular formula is C16H33NO. The number of unbranched alkanes of at least 4 members (excludes halogenated alkanes) is 8.